The van der Waals surface area contributed by atoms with Gasteiger partial charge in [0.1, 0.15) is 17.7 Å². The zero-order chi connectivity index (χ0) is 25.4. The van der Waals surface area contributed by atoms with Crippen molar-refractivity contribution in [2.75, 3.05) is 17.2 Å². The molecule has 5 aliphatic rings. The first-order chi connectivity index (χ1) is 18.0. The Morgan fingerprint density at radius 2 is 1.61 bits per heavy atom. The minimum absolute atomic E-state index is 0. The molecule has 38 heavy (non-hydrogen) atoms. The monoisotopic (exact) mass is 553 g/mol. The number of para-hydroxylation sites is 1. The van der Waals surface area contributed by atoms with E-state index in [2.05, 4.69) is 11.8 Å². The van der Waals surface area contributed by atoms with Gasteiger partial charge in [-0.1, -0.05) is 43.3 Å². The molecule has 0 aromatic heterocycles. The molecule has 0 radical (unpaired) electrons. The maximum Gasteiger partial charge on any atom is 0.225 e. The number of amidine groups is 1. The van der Waals surface area contributed by atoms with Gasteiger partial charge < -0.3 is 9.64 Å². The van der Waals surface area contributed by atoms with Gasteiger partial charge in [-0.3, -0.25) is 14.7 Å². The van der Waals surface area contributed by atoms with Gasteiger partial charge in [-0.15, -0.1) is 12.4 Å². The van der Waals surface area contributed by atoms with Crippen LogP contribution in [0, 0.1) is 17.8 Å². The van der Waals surface area contributed by atoms with Gasteiger partial charge in [0.25, 0.3) is 0 Å². The van der Waals surface area contributed by atoms with Crippen molar-refractivity contribution in [3.05, 3.63) is 54.6 Å². The van der Waals surface area contributed by atoms with Crippen LogP contribution in [-0.4, -0.2) is 40.0 Å². The Labute approximate surface area is 237 Å². The van der Waals surface area contributed by atoms with Crippen LogP contribution in [0.2, 0.25) is 0 Å². The topological polar surface area (TPSA) is 45.1 Å². The quantitative estimate of drug-likeness (QED) is 0.335. The number of ether oxygens (including phenoxy) is 1. The Balaban J connectivity index is 0.00000294. The second-order valence-corrected chi connectivity index (χ2v) is 12.7. The van der Waals surface area contributed by atoms with Crippen LogP contribution < -0.4 is 9.64 Å². The van der Waals surface area contributed by atoms with Crippen LogP contribution in [0.5, 0.6) is 11.5 Å². The van der Waals surface area contributed by atoms with E-state index in [9.17, 15) is 4.79 Å². The lowest BCUT2D eigenvalue weighted by Gasteiger charge is -2.55. The van der Waals surface area contributed by atoms with Crippen LogP contribution >= 0.6 is 24.2 Å². The maximum atomic E-state index is 13.1. The second kappa shape index (κ2) is 11.5. The van der Waals surface area contributed by atoms with Crippen LogP contribution in [-0.2, 0) is 4.79 Å². The number of nitrogens with zero attached hydrogens (tertiary/aromatic N) is 3. The molecule has 0 spiro atoms. The van der Waals surface area contributed by atoms with Gasteiger partial charge in [-0.2, -0.15) is 0 Å². The molecule has 2 aromatic carbocycles. The molecule has 5 nitrogen and oxygen atoms in total. The Hall–Kier alpha value is -2.18. The van der Waals surface area contributed by atoms with E-state index in [0.717, 1.165) is 60.1 Å². The first-order valence-electron chi connectivity index (χ1n) is 14.1. The van der Waals surface area contributed by atoms with E-state index in [4.69, 9.17) is 9.73 Å². The predicted octanol–water partition coefficient (Wildman–Crippen LogP) is 7.75. The predicted molar refractivity (Wildman–Crippen MR) is 160 cm³/mol. The van der Waals surface area contributed by atoms with E-state index in [1.807, 2.05) is 71.3 Å². The highest BCUT2D eigenvalue weighted by molar-refractivity contribution is 8.14. The average Bonchev–Trinajstić information content (AvgIpc) is 3.24. The molecule has 7 rings (SSSR count). The lowest BCUT2D eigenvalue weighted by molar-refractivity contribution is -0.117. The molecule has 4 bridgehead atoms. The van der Waals surface area contributed by atoms with Gasteiger partial charge in [-0.25, -0.2) is 0 Å². The number of carbonyl (C=O) groups excluding carboxylic acids is 1. The lowest BCUT2D eigenvalue weighted by atomic mass is 9.53. The highest BCUT2D eigenvalue weighted by Crippen LogP contribution is 2.57. The summed E-state index contributed by atoms with van der Waals surface area (Å²) >= 11 is 1.86. The van der Waals surface area contributed by atoms with Gasteiger partial charge in [-0.05, 0) is 99.1 Å². The van der Waals surface area contributed by atoms with Gasteiger partial charge in [0.15, 0.2) is 5.17 Å². The number of hydrogen-bond acceptors (Lipinski definition) is 4. The summed E-state index contributed by atoms with van der Waals surface area (Å²) in [5.41, 5.74) is 1.06. The van der Waals surface area contributed by atoms with Crippen molar-refractivity contribution >= 4 is 40.9 Å². The molecule has 1 aliphatic heterocycles. The van der Waals surface area contributed by atoms with Crippen LogP contribution in [0.1, 0.15) is 65.2 Å². The van der Waals surface area contributed by atoms with Crippen molar-refractivity contribution in [2.24, 2.45) is 22.7 Å². The molecule has 1 atom stereocenters. The first-order valence-corrected chi connectivity index (χ1v) is 15.1. The van der Waals surface area contributed by atoms with Crippen LogP contribution in [0.3, 0.4) is 0 Å². The van der Waals surface area contributed by atoms with E-state index >= 15 is 0 Å². The fourth-order valence-corrected chi connectivity index (χ4v) is 8.87. The summed E-state index contributed by atoms with van der Waals surface area (Å²) in [6.45, 7) is 4.87. The number of hydrogen-bond donors (Lipinski definition) is 0. The number of amides is 1. The molecule has 2 aromatic rings. The largest absolute Gasteiger partial charge is 0.457 e. The zero-order valence-corrected chi connectivity index (χ0v) is 24.2. The van der Waals surface area contributed by atoms with Gasteiger partial charge in [0.05, 0.1) is 5.54 Å². The molecule has 1 heterocycles. The SMILES string of the molecule is CCCCN1C(=NC23CC4CC(CC(C4)C2)C3)SCC1N(C(C)=O)c1ccc(Oc2ccccc2)cc1.Cl. The van der Waals surface area contributed by atoms with E-state index in [-0.39, 0.29) is 30.0 Å². The first kappa shape index (κ1) is 27.4. The number of anilines is 1. The normalized spacial score (nSPS) is 30.4. The molecule has 1 amide bonds. The molecule has 7 heteroatoms. The van der Waals surface area contributed by atoms with Gasteiger partial charge in [0.2, 0.25) is 5.91 Å². The Morgan fingerprint density at radius 3 is 2.18 bits per heavy atom. The van der Waals surface area contributed by atoms with E-state index in [1.165, 1.54) is 43.7 Å². The summed E-state index contributed by atoms with van der Waals surface area (Å²) in [6.07, 6.45) is 10.3. The smallest absolute Gasteiger partial charge is 0.225 e. The average molecular weight is 554 g/mol. The Morgan fingerprint density at radius 1 is 1.00 bits per heavy atom. The van der Waals surface area contributed by atoms with Gasteiger partial charge >= 0.3 is 0 Å². The molecule has 4 saturated carbocycles. The fraction of sp³-hybridized carbons (Fsp3) is 0.548. The van der Waals surface area contributed by atoms with Crippen molar-refractivity contribution in [3.8, 4) is 11.5 Å². The number of halogens is 1. The summed E-state index contributed by atoms with van der Waals surface area (Å²) in [4.78, 5) is 23.1. The third-order valence-corrected chi connectivity index (χ3v) is 9.84. The molecular weight excluding hydrogens is 514 g/mol. The minimum atomic E-state index is -0.0115. The van der Waals surface area contributed by atoms with Crippen molar-refractivity contribution in [2.45, 2.75) is 76.9 Å². The van der Waals surface area contributed by atoms with Crippen LogP contribution in [0.4, 0.5) is 5.69 Å². The highest BCUT2D eigenvalue weighted by Gasteiger charge is 2.52. The third kappa shape index (κ3) is 5.58. The maximum absolute atomic E-state index is 13.1. The number of unbranched alkanes of at least 4 members (excludes halogenated alkanes) is 1. The third-order valence-electron chi connectivity index (χ3n) is 8.79. The number of rotatable bonds is 8. The van der Waals surface area contributed by atoms with Crippen molar-refractivity contribution in [3.63, 3.8) is 0 Å². The number of carbonyl (C=O) groups is 1. The van der Waals surface area contributed by atoms with E-state index in [0.29, 0.717) is 0 Å². The second-order valence-electron chi connectivity index (χ2n) is 11.7. The summed E-state index contributed by atoms with van der Waals surface area (Å²) < 4.78 is 5.99. The summed E-state index contributed by atoms with van der Waals surface area (Å²) in [5.74, 6) is 5.15. The van der Waals surface area contributed by atoms with Crippen molar-refractivity contribution in [1.82, 2.24) is 4.90 Å². The van der Waals surface area contributed by atoms with Crippen LogP contribution in [0.25, 0.3) is 0 Å². The van der Waals surface area contributed by atoms with Crippen LogP contribution in [0.15, 0.2) is 59.6 Å². The van der Waals surface area contributed by atoms with E-state index in [1.54, 1.807) is 6.92 Å². The zero-order valence-electron chi connectivity index (χ0n) is 22.6. The Kier molecular flexibility index (Phi) is 8.30. The van der Waals surface area contributed by atoms with Crippen molar-refractivity contribution in [1.29, 1.82) is 0 Å². The highest BCUT2D eigenvalue weighted by atomic mass is 35.5. The van der Waals surface area contributed by atoms with E-state index < -0.39 is 0 Å². The number of aliphatic imine (C=N–C) groups is 1. The summed E-state index contributed by atoms with van der Waals surface area (Å²) in [5, 5.41) is 1.18. The Bertz CT molecular complexity index is 1100. The molecule has 4 aliphatic carbocycles. The number of thioether (sulfide) groups is 1. The summed E-state index contributed by atoms with van der Waals surface area (Å²) in [6, 6.07) is 17.7. The van der Waals surface area contributed by atoms with Gasteiger partial charge in [0, 0.05) is 24.9 Å². The molecule has 1 unspecified atom stereocenters. The molecule has 204 valence electrons. The standard InChI is InChI=1S/C31H39N3O2S.ClH/c1-3-4-14-33-29(21-37-30(33)32-31-18-23-15-24(19-31)17-25(16-23)20-31)34(22(2)35)26-10-12-28(13-11-26)36-27-8-6-5-7-9-27;/h5-13,23-25,29H,3-4,14-21H2,1-2H3;1H. The molecule has 0 N–H and O–H groups in total. The number of benzene rings is 2. The molecular formula is C31H40ClN3O2S. The molecule has 5 fully saturated rings. The lowest BCUT2D eigenvalue weighted by Crippen LogP contribution is -2.52. The summed E-state index contributed by atoms with van der Waals surface area (Å²) in [7, 11) is 0. The fourth-order valence-electron chi connectivity index (χ4n) is 7.60. The van der Waals surface area contributed by atoms with Crippen molar-refractivity contribution < 1.29 is 9.53 Å². The minimum Gasteiger partial charge on any atom is -0.457 e. The molecule has 1 saturated heterocycles.